The molecule has 0 aliphatic heterocycles. The molecule has 0 saturated carbocycles. The van der Waals surface area contributed by atoms with Gasteiger partial charge in [-0.2, -0.15) is 0 Å². The number of benzene rings is 1. The summed E-state index contributed by atoms with van der Waals surface area (Å²) in [6, 6.07) is 5.65. The van der Waals surface area contributed by atoms with Crippen LogP contribution in [0.5, 0.6) is 0 Å². The summed E-state index contributed by atoms with van der Waals surface area (Å²) >= 11 is 5.86. The summed E-state index contributed by atoms with van der Waals surface area (Å²) in [5, 5.41) is 0.724. The summed E-state index contributed by atoms with van der Waals surface area (Å²) < 4.78 is 0. The molecule has 0 fully saturated rings. The number of halogens is 1. The van der Waals surface area contributed by atoms with Gasteiger partial charge in [-0.3, -0.25) is 0 Å². The predicted molar refractivity (Wildman–Crippen MR) is 53.3 cm³/mol. The number of hydrogen-bond acceptors (Lipinski definition) is 1. The lowest BCUT2D eigenvalue weighted by Crippen LogP contribution is -2.06. The van der Waals surface area contributed by atoms with E-state index in [0.29, 0.717) is 0 Å². The van der Waals surface area contributed by atoms with Crippen LogP contribution in [0.2, 0.25) is 5.02 Å². The van der Waals surface area contributed by atoms with E-state index in [1.54, 1.807) is 6.08 Å². The molecule has 1 aromatic rings. The minimum Gasteiger partial charge on any atom is -0.321 e. The lowest BCUT2D eigenvalue weighted by atomic mass is 10.1. The van der Waals surface area contributed by atoms with Gasteiger partial charge in [0.25, 0.3) is 0 Å². The van der Waals surface area contributed by atoms with Crippen molar-refractivity contribution in [1.82, 2.24) is 0 Å². The average Bonchev–Trinajstić information content (AvgIpc) is 2.01. The van der Waals surface area contributed by atoms with Crippen molar-refractivity contribution in [3.63, 3.8) is 0 Å². The fourth-order valence-electron chi connectivity index (χ4n) is 1.09. The van der Waals surface area contributed by atoms with Crippen LogP contribution >= 0.6 is 11.6 Å². The monoisotopic (exact) mass is 181 g/mol. The van der Waals surface area contributed by atoms with Gasteiger partial charge in [0.1, 0.15) is 0 Å². The Balaban J connectivity index is 3.08. The first kappa shape index (κ1) is 9.30. The fraction of sp³-hybridized carbons (Fsp3) is 0.200. The number of aryl methyl sites for hydroxylation is 1. The van der Waals surface area contributed by atoms with Gasteiger partial charge in [0.05, 0.1) is 0 Å². The summed E-state index contributed by atoms with van der Waals surface area (Å²) in [4.78, 5) is 0. The second-order valence-electron chi connectivity index (χ2n) is 2.82. The molecule has 64 valence electrons. The van der Waals surface area contributed by atoms with Crippen LogP contribution in [0, 0.1) is 6.92 Å². The molecule has 1 atom stereocenters. The maximum Gasteiger partial charge on any atom is 0.0479 e. The van der Waals surface area contributed by atoms with Gasteiger partial charge in [-0.05, 0) is 30.2 Å². The van der Waals surface area contributed by atoms with Gasteiger partial charge >= 0.3 is 0 Å². The first-order valence-corrected chi connectivity index (χ1v) is 4.16. The normalized spacial score (nSPS) is 12.6. The number of rotatable bonds is 2. The molecule has 0 radical (unpaired) electrons. The summed E-state index contributed by atoms with van der Waals surface area (Å²) in [6.07, 6.45) is 1.70. The van der Waals surface area contributed by atoms with Crippen LogP contribution in [-0.2, 0) is 0 Å². The van der Waals surface area contributed by atoms with Crippen LogP contribution in [0.15, 0.2) is 30.9 Å². The maximum absolute atomic E-state index is 5.86. The van der Waals surface area contributed by atoms with Crippen LogP contribution in [0.3, 0.4) is 0 Å². The molecule has 0 heterocycles. The summed E-state index contributed by atoms with van der Waals surface area (Å²) in [5.41, 5.74) is 7.88. The Morgan fingerprint density at radius 1 is 1.50 bits per heavy atom. The summed E-state index contributed by atoms with van der Waals surface area (Å²) in [6.45, 7) is 5.62. The Morgan fingerprint density at radius 3 is 2.67 bits per heavy atom. The lowest BCUT2D eigenvalue weighted by molar-refractivity contribution is 0.912. The topological polar surface area (TPSA) is 26.0 Å². The number of nitrogens with two attached hydrogens (primary N) is 1. The zero-order chi connectivity index (χ0) is 9.14. The first-order valence-electron chi connectivity index (χ1n) is 3.78. The van der Waals surface area contributed by atoms with Crippen molar-refractivity contribution in [3.8, 4) is 0 Å². The van der Waals surface area contributed by atoms with E-state index in [2.05, 4.69) is 6.58 Å². The van der Waals surface area contributed by atoms with Gasteiger partial charge in [-0.25, -0.2) is 0 Å². The van der Waals surface area contributed by atoms with Crippen LogP contribution in [0.1, 0.15) is 17.2 Å². The Morgan fingerprint density at radius 2 is 2.17 bits per heavy atom. The zero-order valence-electron chi connectivity index (χ0n) is 7.05. The largest absolute Gasteiger partial charge is 0.321 e. The minimum absolute atomic E-state index is 0.123. The molecule has 2 heteroatoms. The Bertz CT molecular complexity index is 274. The molecule has 0 spiro atoms. The van der Waals surface area contributed by atoms with E-state index in [9.17, 15) is 0 Å². The van der Waals surface area contributed by atoms with E-state index in [1.807, 2.05) is 25.1 Å². The first-order chi connectivity index (χ1) is 5.63. The predicted octanol–water partition coefficient (Wildman–Crippen LogP) is 2.83. The van der Waals surface area contributed by atoms with Crippen LogP contribution in [-0.4, -0.2) is 0 Å². The molecule has 0 bridgehead atoms. The smallest absolute Gasteiger partial charge is 0.0479 e. The van der Waals surface area contributed by atoms with Crippen molar-refractivity contribution in [2.75, 3.05) is 0 Å². The molecule has 1 aromatic carbocycles. The molecule has 2 N–H and O–H groups in total. The van der Waals surface area contributed by atoms with Gasteiger partial charge in [0.2, 0.25) is 0 Å². The van der Waals surface area contributed by atoms with Crippen LogP contribution in [0.4, 0.5) is 0 Å². The fourth-order valence-corrected chi connectivity index (χ4v) is 1.39. The molecule has 0 aliphatic rings. The van der Waals surface area contributed by atoms with E-state index >= 15 is 0 Å². The second kappa shape index (κ2) is 3.74. The van der Waals surface area contributed by atoms with Crippen molar-refractivity contribution in [2.24, 2.45) is 5.73 Å². The standard InChI is InChI=1S/C10H12ClN/c1-3-10(12)8-4-7(2)5-9(11)6-8/h3-6,10H,1,12H2,2H3. The maximum atomic E-state index is 5.86. The highest BCUT2D eigenvalue weighted by molar-refractivity contribution is 6.30. The molecular formula is C10H12ClN. The summed E-state index contributed by atoms with van der Waals surface area (Å²) in [5.74, 6) is 0. The Hall–Kier alpha value is -0.790. The molecular weight excluding hydrogens is 170 g/mol. The molecule has 1 rings (SSSR count). The average molecular weight is 182 g/mol. The van der Waals surface area contributed by atoms with E-state index in [-0.39, 0.29) is 6.04 Å². The van der Waals surface area contributed by atoms with Crippen molar-refractivity contribution in [2.45, 2.75) is 13.0 Å². The molecule has 1 unspecified atom stereocenters. The van der Waals surface area contributed by atoms with Gasteiger partial charge < -0.3 is 5.73 Å². The highest BCUT2D eigenvalue weighted by Gasteiger charge is 2.02. The van der Waals surface area contributed by atoms with Crippen LogP contribution < -0.4 is 5.73 Å². The minimum atomic E-state index is -0.123. The molecule has 0 saturated heterocycles. The second-order valence-corrected chi connectivity index (χ2v) is 3.26. The Labute approximate surface area is 77.8 Å². The molecule has 0 amide bonds. The van der Waals surface area contributed by atoms with Gasteiger partial charge in [0.15, 0.2) is 0 Å². The van der Waals surface area contributed by atoms with Crippen molar-refractivity contribution in [3.05, 3.63) is 47.0 Å². The van der Waals surface area contributed by atoms with Crippen molar-refractivity contribution in [1.29, 1.82) is 0 Å². The summed E-state index contributed by atoms with van der Waals surface area (Å²) in [7, 11) is 0. The third kappa shape index (κ3) is 2.10. The number of hydrogen-bond donors (Lipinski definition) is 1. The third-order valence-electron chi connectivity index (χ3n) is 1.70. The van der Waals surface area contributed by atoms with E-state index < -0.39 is 0 Å². The van der Waals surface area contributed by atoms with Gasteiger partial charge in [0, 0.05) is 11.1 Å². The molecule has 0 aromatic heterocycles. The lowest BCUT2D eigenvalue weighted by Gasteiger charge is -2.07. The van der Waals surface area contributed by atoms with Crippen LogP contribution in [0.25, 0.3) is 0 Å². The molecule has 0 aliphatic carbocycles. The third-order valence-corrected chi connectivity index (χ3v) is 1.92. The van der Waals surface area contributed by atoms with E-state index in [4.69, 9.17) is 17.3 Å². The Kier molecular flexibility index (Phi) is 2.90. The van der Waals surface area contributed by atoms with E-state index in [0.717, 1.165) is 16.1 Å². The SMILES string of the molecule is C=CC(N)c1cc(C)cc(Cl)c1. The van der Waals surface area contributed by atoms with Gasteiger partial charge in [-0.15, -0.1) is 6.58 Å². The quantitative estimate of drug-likeness (QED) is 0.698. The van der Waals surface area contributed by atoms with E-state index in [1.165, 1.54) is 0 Å². The van der Waals surface area contributed by atoms with Crippen molar-refractivity contribution >= 4 is 11.6 Å². The molecule has 12 heavy (non-hydrogen) atoms. The highest BCUT2D eigenvalue weighted by atomic mass is 35.5. The van der Waals surface area contributed by atoms with Crippen molar-refractivity contribution < 1.29 is 0 Å². The highest BCUT2D eigenvalue weighted by Crippen LogP contribution is 2.19. The molecule has 1 nitrogen and oxygen atoms in total. The van der Waals surface area contributed by atoms with Gasteiger partial charge in [-0.1, -0.05) is 23.7 Å². The zero-order valence-corrected chi connectivity index (χ0v) is 7.81.